The molecule has 20 heavy (non-hydrogen) atoms. The zero-order chi connectivity index (χ0) is 14.5. The van der Waals surface area contributed by atoms with Gasteiger partial charge in [-0.05, 0) is 12.8 Å². The van der Waals surface area contributed by atoms with E-state index in [-0.39, 0.29) is 5.91 Å². The molecule has 112 valence electrons. The second-order valence-electron chi connectivity index (χ2n) is 5.02. The molecule has 0 aliphatic carbocycles. The third-order valence-corrected chi connectivity index (χ3v) is 4.37. The monoisotopic (exact) mass is 298 g/mol. The fraction of sp³-hybridized carbons (Fsp3) is 0.692. The third-order valence-electron chi connectivity index (χ3n) is 3.35. The van der Waals surface area contributed by atoms with E-state index in [1.165, 1.54) is 11.3 Å². The Kier molecular flexibility index (Phi) is 5.19. The highest BCUT2D eigenvalue weighted by Crippen LogP contribution is 2.28. The Hall–Kier alpha value is -1.34. The molecule has 1 aromatic rings. The van der Waals surface area contributed by atoms with Crippen molar-refractivity contribution in [2.24, 2.45) is 5.92 Å². The maximum atomic E-state index is 12.5. The standard InChI is InChI=1S/C13H22N4O2S/c1-3-5-15-13-16-11(14)10(20-13)12(18)17-6-4-9(7-17)8-19-2/h9H,3-8,14H2,1-2H3,(H,15,16). The smallest absolute Gasteiger partial charge is 0.267 e. The number of thiazole rings is 1. The van der Waals surface area contributed by atoms with E-state index in [2.05, 4.69) is 17.2 Å². The van der Waals surface area contributed by atoms with Crippen LogP contribution in [0.5, 0.6) is 0 Å². The Bertz CT molecular complexity index is 463. The number of methoxy groups -OCH3 is 1. The number of nitrogens with zero attached hydrogens (tertiary/aromatic N) is 2. The van der Waals surface area contributed by atoms with Crippen LogP contribution in [0.2, 0.25) is 0 Å². The van der Waals surface area contributed by atoms with Crippen molar-refractivity contribution in [3.05, 3.63) is 4.88 Å². The number of aromatic nitrogens is 1. The molecule has 1 aliphatic rings. The van der Waals surface area contributed by atoms with Crippen LogP contribution in [-0.2, 0) is 4.74 Å². The summed E-state index contributed by atoms with van der Waals surface area (Å²) in [5.74, 6) is 0.743. The van der Waals surface area contributed by atoms with Gasteiger partial charge in [-0.25, -0.2) is 4.98 Å². The largest absolute Gasteiger partial charge is 0.384 e. The first kappa shape index (κ1) is 15.1. The molecule has 2 rings (SSSR count). The van der Waals surface area contributed by atoms with E-state index in [9.17, 15) is 4.79 Å². The van der Waals surface area contributed by atoms with Crippen LogP contribution in [0.25, 0.3) is 0 Å². The van der Waals surface area contributed by atoms with Crippen LogP contribution in [-0.4, -0.2) is 49.1 Å². The summed E-state index contributed by atoms with van der Waals surface area (Å²) in [6.45, 7) is 5.12. The number of nitrogens with one attached hydrogen (secondary N) is 1. The van der Waals surface area contributed by atoms with E-state index in [1.807, 2.05) is 4.90 Å². The molecule has 1 atom stereocenters. The van der Waals surface area contributed by atoms with Crippen molar-refractivity contribution in [1.29, 1.82) is 0 Å². The molecule has 7 heteroatoms. The lowest BCUT2D eigenvalue weighted by Gasteiger charge is -2.15. The van der Waals surface area contributed by atoms with Crippen LogP contribution >= 0.6 is 11.3 Å². The average Bonchev–Trinajstić information content (AvgIpc) is 3.03. The first-order valence-corrected chi connectivity index (χ1v) is 7.75. The summed E-state index contributed by atoms with van der Waals surface area (Å²) in [5.41, 5.74) is 5.86. The molecule has 1 aliphatic heterocycles. The Morgan fingerprint density at radius 2 is 2.45 bits per heavy atom. The van der Waals surface area contributed by atoms with Crippen LogP contribution in [0, 0.1) is 5.92 Å². The minimum absolute atomic E-state index is 0.0110. The summed E-state index contributed by atoms with van der Waals surface area (Å²) in [5, 5.41) is 3.89. The molecule has 0 aromatic carbocycles. The van der Waals surface area contributed by atoms with Gasteiger partial charge in [-0.2, -0.15) is 0 Å². The first-order valence-electron chi connectivity index (χ1n) is 6.94. The van der Waals surface area contributed by atoms with Gasteiger partial charge in [0.05, 0.1) is 6.61 Å². The molecule has 3 N–H and O–H groups in total. The Morgan fingerprint density at radius 3 is 3.15 bits per heavy atom. The van der Waals surface area contributed by atoms with E-state index < -0.39 is 0 Å². The summed E-state index contributed by atoms with van der Waals surface area (Å²) in [6, 6.07) is 0. The lowest BCUT2D eigenvalue weighted by molar-refractivity contribution is 0.0781. The van der Waals surface area contributed by atoms with E-state index in [0.717, 1.165) is 37.6 Å². The van der Waals surface area contributed by atoms with Gasteiger partial charge in [0.1, 0.15) is 10.7 Å². The number of amides is 1. The summed E-state index contributed by atoms with van der Waals surface area (Å²) >= 11 is 1.34. The fourth-order valence-corrected chi connectivity index (χ4v) is 3.20. The minimum Gasteiger partial charge on any atom is -0.384 e. The first-order chi connectivity index (χ1) is 9.65. The van der Waals surface area contributed by atoms with E-state index in [1.54, 1.807) is 7.11 Å². The van der Waals surface area contributed by atoms with Crippen LogP contribution in [0.15, 0.2) is 0 Å². The van der Waals surface area contributed by atoms with E-state index in [4.69, 9.17) is 10.5 Å². The molecular formula is C13H22N4O2S. The normalized spacial score (nSPS) is 18.5. The third kappa shape index (κ3) is 3.40. The number of anilines is 2. The number of hydrogen-bond acceptors (Lipinski definition) is 6. The van der Waals surface area contributed by atoms with Gasteiger partial charge in [-0.1, -0.05) is 18.3 Å². The molecule has 6 nitrogen and oxygen atoms in total. The second-order valence-corrected chi connectivity index (χ2v) is 6.02. The number of carbonyl (C=O) groups excluding carboxylic acids is 1. The molecule has 0 bridgehead atoms. The van der Waals surface area contributed by atoms with E-state index >= 15 is 0 Å². The maximum absolute atomic E-state index is 12.5. The highest BCUT2D eigenvalue weighted by molar-refractivity contribution is 7.18. The molecule has 0 saturated carbocycles. The highest BCUT2D eigenvalue weighted by atomic mass is 32.1. The molecule has 0 radical (unpaired) electrons. The minimum atomic E-state index is -0.0110. The maximum Gasteiger partial charge on any atom is 0.267 e. The van der Waals surface area contributed by atoms with Gasteiger partial charge >= 0.3 is 0 Å². The molecule has 0 spiro atoms. The van der Waals surface area contributed by atoms with Crippen molar-refractivity contribution >= 4 is 28.2 Å². The van der Waals surface area contributed by atoms with Gasteiger partial charge < -0.3 is 20.7 Å². The summed E-state index contributed by atoms with van der Waals surface area (Å²) in [6.07, 6.45) is 1.99. The molecule has 1 aromatic heterocycles. The van der Waals surface area contributed by atoms with Crippen molar-refractivity contribution in [2.75, 3.05) is 44.4 Å². The highest BCUT2D eigenvalue weighted by Gasteiger charge is 2.29. The number of carbonyl (C=O) groups is 1. The van der Waals surface area contributed by atoms with Gasteiger partial charge in [0.15, 0.2) is 5.13 Å². The Balaban J connectivity index is 2.00. The SMILES string of the molecule is CCCNc1nc(N)c(C(=O)N2CCC(COC)C2)s1. The van der Waals surface area contributed by atoms with Crippen LogP contribution < -0.4 is 11.1 Å². The van der Waals surface area contributed by atoms with Gasteiger partial charge in [0, 0.05) is 32.7 Å². The van der Waals surface area contributed by atoms with Crippen molar-refractivity contribution < 1.29 is 9.53 Å². The van der Waals surface area contributed by atoms with Gasteiger partial charge in [0.25, 0.3) is 5.91 Å². The van der Waals surface area contributed by atoms with Crippen molar-refractivity contribution in [2.45, 2.75) is 19.8 Å². The predicted octanol–water partition coefficient (Wildman–Crippen LogP) is 1.66. The lowest BCUT2D eigenvalue weighted by atomic mass is 10.1. The fourth-order valence-electron chi connectivity index (χ4n) is 2.33. The summed E-state index contributed by atoms with van der Waals surface area (Å²) < 4.78 is 5.15. The van der Waals surface area contributed by atoms with Crippen LogP contribution in [0.4, 0.5) is 10.9 Å². The number of ether oxygens (including phenoxy) is 1. The number of nitrogens with two attached hydrogens (primary N) is 1. The number of nitrogen functional groups attached to an aromatic ring is 1. The molecule has 1 saturated heterocycles. The Labute approximate surface area is 123 Å². The van der Waals surface area contributed by atoms with Crippen molar-refractivity contribution in [1.82, 2.24) is 9.88 Å². The van der Waals surface area contributed by atoms with Gasteiger partial charge in [-0.3, -0.25) is 4.79 Å². The van der Waals surface area contributed by atoms with Crippen LogP contribution in [0.3, 0.4) is 0 Å². The predicted molar refractivity (Wildman–Crippen MR) is 81.2 cm³/mol. The zero-order valence-electron chi connectivity index (χ0n) is 12.0. The molecule has 1 amide bonds. The molecule has 1 fully saturated rings. The van der Waals surface area contributed by atoms with Crippen LogP contribution in [0.1, 0.15) is 29.4 Å². The van der Waals surface area contributed by atoms with Gasteiger partial charge in [0.2, 0.25) is 0 Å². The quantitative estimate of drug-likeness (QED) is 0.835. The lowest BCUT2D eigenvalue weighted by Crippen LogP contribution is -2.29. The van der Waals surface area contributed by atoms with Gasteiger partial charge in [-0.15, -0.1) is 0 Å². The Morgan fingerprint density at radius 1 is 1.65 bits per heavy atom. The summed E-state index contributed by atoms with van der Waals surface area (Å²) in [7, 11) is 1.69. The van der Waals surface area contributed by atoms with E-state index in [0.29, 0.717) is 23.2 Å². The number of likely N-dealkylation sites (tertiary alicyclic amines) is 1. The molecular weight excluding hydrogens is 276 g/mol. The molecule has 1 unspecified atom stereocenters. The zero-order valence-corrected chi connectivity index (χ0v) is 12.8. The van der Waals surface area contributed by atoms with Crippen molar-refractivity contribution in [3.63, 3.8) is 0 Å². The number of rotatable bonds is 6. The summed E-state index contributed by atoms with van der Waals surface area (Å²) in [4.78, 5) is 19.0. The topological polar surface area (TPSA) is 80.5 Å². The second kappa shape index (κ2) is 6.90. The molecule has 2 heterocycles. The van der Waals surface area contributed by atoms with Crippen molar-refractivity contribution in [3.8, 4) is 0 Å². The average molecular weight is 298 g/mol. The number of hydrogen-bond donors (Lipinski definition) is 2.